The lowest BCUT2D eigenvalue weighted by Crippen LogP contribution is -2.56. The number of nitrogens with zero attached hydrogens (tertiary/aromatic N) is 6. The summed E-state index contributed by atoms with van der Waals surface area (Å²) in [4.78, 5) is 17.0. The number of benzene rings is 3. The van der Waals surface area contributed by atoms with Crippen molar-refractivity contribution in [2.75, 3.05) is 66.5 Å². The molecule has 370 valence electrons. The molecule has 0 radical (unpaired) electrons. The van der Waals surface area contributed by atoms with Crippen LogP contribution in [0.3, 0.4) is 0 Å². The summed E-state index contributed by atoms with van der Waals surface area (Å²) >= 11 is 0. The van der Waals surface area contributed by atoms with Crippen molar-refractivity contribution in [1.82, 2.24) is 50.5 Å². The van der Waals surface area contributed by atoms with Gasteiger partial charge in [-0.15, -0.1) is 6.58 Å². The Morgan fingerprint density at radius 1 is 0.735 bits per heavy atom. The fourth-order valence-corrected chi connectivity index (χ4v) is 11.2. The zero-order valence-corrected chi connectivity index (χ0v) is 43.4. The van der Waals surface area contributed by atoms with E-state index in [1.165, 1.54) is 53.4 Å². The maximum absolute atomic E-state index is 4.52. The van der Waals surface area contributed by atoms with Gasteiger partial charge < -0.3 is 35.6 Å². The lowest BCUT2D eigenvalue weighted by Gasteiger charge is -2.43. The standard InChI is InChI=1S/C58H88N10/c1-11-58(7,8)68-38-48(55-21-15-16-22-57(55)68)31-51-39-66(10)53(26-42(2)3)35-62-50(30-46-23-24-56-47(28-46)32-59-41-64-56)33-60-44(6)37-65(9)52-20-17-25-67(40-52)54(27-43(4)5)36-63-49(34-61-51)29-45-18-13-12-14-19-45/h11-16,18-19,21-24,28,32,38,41-44,49-54,60-63H,1,17,20,25-27,29-31,33-37,39-40H2,2-10H3/t44-,49-,50-,51-,52-,53-,54-/m0/s1. The fraction of sp³-hybridized carbons (Fsp3) is 0.586. The van der Waals surface area contributed by atoms with E-state index < -0.39 is 0 Å². The van der Waals surface area contributed by atoms with Crippen LogP contribution in [0.5, 0.6) is 0 Å². The first-order valence-electron chi connectivity index (χ1n) is 26.3. The van der Waals surface area contributed by atoms with Crippen molar-refractivity contribution in [2.24, 2.45) is 11.8 Å². The Kier molecular flexibility index (Phi) is 18.8. The molecule has 4 N–H and O–H groups in total. The van der Waals surface area contributed by atoms with E-state index in [2.05, 4.69) is 205 Å². The number of rotatable bonds is 12. The SMILES string of the molecule is C=CC(C)(C)n1cc(C[C@H]2CN(C)[C@@H](CC(C)C)CN[C@@H](Cc3ccc4ncncc4c3)CN[C@@H](C)CN(C)[C@H]3CCCN(C3)[C@@H](CC(C)C)CN[C@@H](Cc3ccccc3)CN2)c2ccccc21. The summed E-state index contributed by atoms with van der Waals surface area (Å²) in [7, 11) is 4.74. The van der Waals surface area contributed by atoms with E-state index in [9.17, 15) is 0 Å². The summed E-state index contributed by atoms with van der Waals surface area (Å²) in [6, 6.07) is 29.3. The molecule has 2 aliphatic rings. The third kappa shape index (κ3) is 14.5. The fourth-order valence-electron chi connectivity index (χ4n) is 11.2. The number of hydrogen-bond acceptors (Lipinski definition) is 9. The van der Waals surface area contributed by atoms with Crippen LogP contribution in [0.25, 0.3) is 21.8 Å². The van der Waals surface area contributed by atoms with E-state index in [1.807, 2.05) is 6.20 Å². The van der Waals surface area contributed by atoms with Crippen molar-refractivity contribution in [3.05, 3.63) is 121 Å². The van der Waals surface area contributed by atoms with Gasteiger partial charge in [0.2, 0.25) is 0 Å². The second-order valence-electron chi connectivity index (χ2n) is 22.3. The molecule has 68 heavy (non-hydrogen) atoms. The third-order valence-corrected chi connectivity index (χ3v) is 15.2. The summed E-state index contributed by atoms with van der Waals surface area (Å²) in [5.41, 5.74) is 6.14. The number of piperidine rings is 1. The molecule has 0 saturated carbocycles. The molecule has 2 aromatic heterocycles. The number of para-hydroxylation sites is 1. The zero-order chi connectivity index (χ0) is 48.2. The van der Waals surface area contributed by atoms with Gasteiger partial charge in [-0.1, -0.05) is 88.4 Å². The van der Waals surface area contributed by atoms with Crippen LogP contribution >= 0.6 is 0 Å². The highest BCUT2D eigenvalue weighted by molar-refractivity contribution is 5.84. The summed E-state index contributed by atoms with van der Waals surface area (Å²) in [6.45, 7) is 28.7. The number of likely N-dealkylation sites (N-methyl/N-ethyl adjacent to an activating group) is 2. The van der Waals surface area contributed by atoms with Gasteiger partial charge in [0.25, 0.3) is 0 Å². The third-order valence-electron chi connectivity index (χ3n) is 15.2. The average molecular weight is 925 g/mol. The van der Waals surface area contributed by atoms with E-state index >= 15 is 0 Å². The molecule has 2 bridgehead atoms. The number of aromatic nitrogens is 3. The molecule has 8 atom stereocenters. The van der Waals surface area contributed by atoms with E-state index in [-0.39, 0.29) is 23.7 Å². The predicted octanol–water partition coefficient (Wildman–Crippen LogP) is 8.56. The van der Waals surface area contributed by atoms with Gasteiger partial charge in [0.15, 0.2) is 0 Å². The first kappa shape index (κ1) is 51.8. The van der Waals surface area contributed by atoms with Crippen molar-refractivity contribution >= 4 is 21.8 Å². The van der Waals surface area contributed by atoms with Crippen molar-refractivity contribution in [3.8, 4) is 0 Å². The van der Waals surface area contributed by atoms with Crippen LogP contribution in [-0.2, 0) is 24.8 Å². The predicted molar refractivity (Wildman–Crippen MR) is 288 cm³/mol. The molecule has 2 saturated heterocycles. The topological polar surface area (TPSA) is 88.6 Å². The van der Waals surface area contributed by atoms with Gasteiger partial charge >= 0.3 is 0 Å². The van der Waals surface area contributed by atoms with Gasteiger partial charge in [-0.3, -0.25) is 4.90 Å². The van der Waals surface area contributed by atoms with Crippen molar-refractivity contribution in [3.63, 3.8) is 0 Å². The Hall–Kier alpha value is -4.00. The van der Waals surface area contributed by atoms with Gasteiger partial charge in [0.1, 0.15) is 6.33 Å². The van der Waals surface area contributed by atoms with Crippen LogP contribution in [0.2, 0.25) is 0 Å². The van der Waals surface area contributed by atoms with E-state index in [1.54, 1.807) is 6.33 Å². The maximum Gasteiger partial charge on any atom is 0.116 e. The quantitative estimate of drug-likeness (QED) is 0.0921. The van der Waals surface area contributed by atoms with Crippen LogP contribution in [0.15, 0.2) is 104 Å². The van der Waals surface area contributed by atoms with Crippen LogP contribution < -0.4 is 21.3 Å². The summed E-state index contributed by atoms with van der Waals surface area (Å²) in [6.07, 6.45) is 15.7. The summed E-state index contributed by atoms with van der Waals surface area (Å²) < 4.78 is 2.43. The Morgan fingerprint density at radius 3 is 2.16 bits per heavy atom. The molecule has 0 aliphatic carbocycles. The van der Waals surface area contributed by atoms with E-state index in [0.717, 1.165) is 82.4 Å². The highest BCUT2D eigenvalue weighted by Gasteiger charge is 2.31. The second-order valence-corrected chi connectivity index (χ2v) is 22.3. The molecule has 0 amide bonds. The van der Waals surface area contributed by atoms with E-state index in [0.29, 0.717) is 36.0 Å². The largest absolute Gasteiger partial charge is 0.338 e. The van der Waals surface area contributed by atoms with E-state index in [4.69, 9.17) is 0 Å². The van der Waals surface area contributed by atoms with Gasteiger partial charge in [-0.2, -0.15) is 0 Å². The Bertz CT molecular complexity index is 2290. The minimum absolute atomic E-state index is 0.212. The molecule has 5 aromatic rings. The van der Waals surface area contributed by atoms with Gasteiger partial charge in [-0.05, 0) is 133 Å². The minimum atomic E-state index is -0.212. The normalized spacial score (nSPS) is 26.3. The lowest BCUT2D eigenvalue weighted by atomic mass is 9.96. The highest BCUT2D eigenvalue weighted by atomic mass is 15.3. The Balaban J connectivity index is 1.23. The Labute approximate surface area is 411 Å². The smallest absolute Gasteiger partial charge is 0.116 e. The molecular formula is C58H88N10. The second kappa shape index (κ2) is 24.7. The lowest BCUT2D eigenvalue weighted by molar-refractivity contribution is 0.0707. The van der Waals surface area contributed by atoms with Crippen LogP contribution in [0.1, 0.15) is 90.8 Å². The maximum atomic E-state index is 4.52. The molecule has 10 nitrogen and oxygen atoms in total. The van der Waals surface area contributed by atoms with Crippen molar-refractivity contribution in [2.45, 2.75) is 141 Å². The van der Waals surface area contributed by atoms with Crippen LogP contribution in [0.4, 0.5) is 0 Å². The highest BCUT2D eigenvalue weighted by Crippen LogP contribution is 2.30. The van der Waals surface area contributed by atoms with Gasteiger partial charge in [0.05, 0.1) is 11.1 Å². The number of hydrogen-bond donors (Lipinski definition) is 4. The number of nitrogens with one attached hydrogen (secondary N) is 4. The molecular weight excluding hydrogens is 837 g/mol. The van der Waals surface area contributed by atoms with Gasteiger partial charge in [-0.25, -0.2) is 9.97 Å². The molecule has 7 rings (SSSR count). The minimum Gasteiger partial charge on any atom is -0.338 e. The van der Waals surface area contributed by atoms with Crippen molar-refractivity contribution in [1.29, 1.82) is 0 Å². The summed E-state index contributed by atoms with van der Waals surface area (Å²) in [5, 5.41) is 19.1. The summed E-state index contributed by atoms with van der Waals surface area (Å²) in [5.74, 6) is 1.19. The molecule has 1 unspecified atom stereocenters. The monoisotopic (exact) mass is 925 g/mol. The zero-order valence-electron chi connectivity index (χ0n) is 43.4. The average Bonchev–Trinajstić information content (AvgIpc) is 3.70. The van der Waals surface area contributed by atoms with Crippen LogP contribution in [0, 0.1) is 11.8 Å². The Morgan fingerprint density at radius 2 is 1.41 bits per heavy atom. The first-order chi connectivity index (χ1) is 32.7. The first-order valence-corrected chi connectivity index (χ1v) is 26.3. The van der Waals surface area contributed by atoms with Crippen molar-refractivity contribution < 1.29 is 0 Å². The van der Waals surface area contributed by atoms with Gasteiger partial charge in [0, 0.05) is 117 Å². The molecule has 0 spiro atoms. The molecule has 10 heteroatoms. The number of allylic oxidation sites excluding steroid dienone is 1. The van der Waals surface area contributed by atoms with Crippen LogP contribution in [-0.4, -0.2) is 138 Å². The molecule has 4 heterocycles. The number of fused-ring (bicyclic) bond motifs is 4. The molecule has 2 fully saturated rings. The molecule has 3 aromatic carbocycles. The molecule has 2 aliphatic heterocycles.